The molecule has 1 aromatic heterocycles. The van der Waals surface area contributed by atoms with E-state index in [1.54, 1.807) is 7.11 Å². The lowest BCUT2D eigenvalue weighted by atomic mass is 9.94. The lowest BCUT2D eigenvalue weighted by molar-refractivity contribution is 0.102. The van der Waals surface area contributed by atoms with Crippen molar-refractivity contribution in [2.45, 2.75) is 27.7 Å². The number of anilines is 1. The third kappa shape index (κ3) is 4.02. The summed E-state index contributed by atoms with van der Waals surface area (Å²) in [5.41, 5.74) is 8.14. The van der Waals surface area contributed by atoms with Gasteiger partial charge in [-0.15, -0.1) is 0 Å². The van der Waals surface area contributed by atoms with Crippen LogP contribution in [0.5, 0.6) is 5.75 Å². The zero-order valence-electron chi connectivity index (χ0n) is 18.5. The van der Waals surface area contributed by atoms with E-state index >= 15 is 0 Å². The number of methoxy groups -OCH3 is 1. The maximum Gasteiger partial charge on any atom is 0.256 e. The van der Waals surface area contributed by atoms with Crippen LogP contribution in [0.3, 0.4) is 0 Å². The lowest BCUT2D eigenvalue weighted by Crippen LogP contribution is -2.15. The normalized spacial score (nSPS) is 10.9. The number of pyridine rings is 1. The van der Waals surface area contributed by atoms with Crippen molar-refractivity contribution in [1.29, 1.82) is 0 Å². The van der Waals surface area contributed by atoms with Crippen molar-refractivity contribution in [3.63, 3.8) is 0 Å². The van der Waals surface area contributed by atoms with Gasteiger partial charge in [-0.1, -0.05) is 23.8 Å². The third-order valence-electron chi connectivity index (χ3n) is 5.53. The Morgan fingerprint density at radius 2 is 1.65 bits per heavy atom. The van der Waals surface area contributed by atoms with Gasteiger partial charge in [-0.3, -0.25) is 4.79 Å². The molecule has 156 valence electrons. The predicted octanol–water partition coefficient (Wildman–Crippen LogP) is 6.40. The fraction of sp³-hybridized carbons (Fsp3) is 0.185. The average Bonchev–Trinajstić information content (AvgIpc) is 2.73. The Labute approximate surface area is 182 Å². The molecule has 4 aromatic rings. The highest BCUT2D eigenvalue weighted by atomic mass is 16.5. The molecule has 0 radical (unpaired) electrons. The number of fused-ring (bicyclic) bond motifs is 1. The molecule has 0 atom stereocenters. The van der Waals surface area contributed by atoms with E-state index in [2.05, 4.69) is 11.4 Å². The number of benzene rings is 3. The number of aryl methyl sites for hydroxylation is 3. The molecule has 0 saturated heterocycles. The van der Waals surface area contributed by atoms with Crippen molar-refractivity contribution in [2.75, 3.05) is 12.4 Å². The fourth-order valence-electron chi connectivity index (χ4n) is 4.05. The summed E-state index contributed by atoms with van der Waals surface area (Å²) in [6.07, 6.45) is 0. The number of aromatic nitrogens is 1. The van der Waals surface area contributed by atoms with E-state index in [4.69, 9.17) is 9.72 Å². The van der Waals surface area contributed by atoms with Gasteiger partial charge in [0.05, 0.1) is 23.9 Å². The number of hydrogen-bond donors (Lipinski definition) is 1. The number of ether oxygens (including phenoxy) is 1. The van der Waals surface area contributed by atoms with Crippen LogP contribution in [0.4, 0.5) is 5.69 Å². The van der Waals surface area contributed by atoms with Gasteiger partial charge >= 0.3 is 0 Å². The molecule has 4 heteroatoms. The summed E-state index contributed by atoms with van der Waals surface area (Å²) >= 11 is 0. The SMILES string of the molecule is COc1ccc(-c2nc3c(C)cc(C)cc3c(C(=O)Nc3cccc(C)c3)c2C)cc1. The molecule has 31 heavy (non-hydrogen) atoms. The quantitative estimate of drug-likeness (QED) is 0.424. The summed E-state index contributed by atoms with van der Waals surface area (Å²) in [7, 11) is 1.65. The summed E-state index contributed by atoms with van der Waals surface area (Å²) < 4.78 is 5.29. The molecule has 3 aromatic carbocycles. The van der Waals surface area contributed by atoms with E-state index in [1.807, 2.05) is 82.3 Å². The van der Waals surface area contributed by atoms with E-state index in [0.717, 1.165) is 55.9 Å². The minimum atomic E-state index is -0.129. The van der Waals surface area contributed by atoms with Gasteiger partial charge in [-0.25, -0.2) is 4.98 Å². The maximum absolute atomic E-state index is 13.5. The fourth-order valence-corrected chi connectivity index (χ4v) is 4.05. The van der Waals surface area contributed by atoms with Crippen LogP contribution in [-0.2, 0) is 0 Å². The second-order valence-corrected chi connectivity index (χ2v) is 7.99. The summed E-state index contributed by atoms with van der Waals surface area (Å²) in [6, 6.07) is 19.8. The van der Waals surface area contributed by atoms with Crippen molar-refractivity contribution in [3.05, 3.63) is 88.5 Å². The predicted molar refractivity (Wildman–Crippen MR) is 127 cm³/mol. The van der Waals surface area contributed by atoms with Gasteiger partial charge in [0.15, 0.2) is 0 Å². The highest BCUT2D eigenvalue weighted by Crippen LogP contribution is 2.33. The topological polar surface area (TPSA) is 51.2 Å². The van der Waals surface area contributed by atoms with Crippen LogP contribution in [0.2, 0.25) is 0 Å². The van der Waals surface area contributed by atoms with Crippen LogP contribution in [-0.4, -0.2) is 18.0 Å². The molecule has 0 saturated carbocycles. The van der Waals surface area contributed by atoms with Crippen molar-refractivity contribution < 1.29 is 9.53 Å². The molecule has 0 unspecified atom stereocenters. The van der Waals surface area contributed by atoms with Gasteiger partial charge in [0, 0.05) is 16.6 Å². The molecular formula is C27H26N2O2. The van der Waals surface area contributed by atoms with E-state index in [0.29, 0.717) is 5.56 Å². The monoisotopic (exact) mass is 410 g/mol. The Morgan fingerprint density at radius 3 is 2.32 bits per heavy atom. The van der Waals surface area contributed by atoms with Crippen molar-refractivity contribution in [2.24, 2.45) is 0 Å². The summed E-state index contributed by atoms with van der Waals surface area (Å²) in [5, 5.41) is 3.95. The van der Waals surface area contributed by atoms with Crippen LogP contribution in [0, 0.1) is 27.7 Å². The van der Waals surface area contributed by atoms with Gasteiger partial charge in [0.1, 0.15) is 5.75 Å². The molecule has 0 bridgehead atoms. The highest BCUT2D eigenvalue weighted by Gasteiger charge is 2.20. The largest absolute Gasteiger partial charge is 0.497 e. The first-order chi connectivity index (χ1) is 14.9. The van der Waals surface area contributed by atoms with Crippen LogP contribution < -0.4 is 10.1 Å². The molecule has 0 spiro atoms. The number of amides is 1. The van der Waals surface area contributed by atoms with E-state index in [1.165, 1.54) is 0 Å². The average molecular weight is 411 g/mol. The molecule has 4 nitrogen and oxygen atoms in total. The van der Waals surface area contributed by atoms with E-state index in [-0.39, 0.29) is 5.91 Å². The number of hydrogen-bond acceptors (Lipinski definition) is 3. The standard InChI is InChI=1S/C27H26N2O2/c1-16-7-6-8-21(14-16)28-27(30)24-19(4)26(20-9-11-22(31-5)12-10-20)29-25-18(3)13-17(2)15-23(24)25/h6-15H,1-5H3,(H,28,30). The highest BCUT2D eigenvalue weighted by molar-refractivity contribution is 6.15. The molecule has 0 aliphatic rings. The Balaban J connectivity index is 1.92. The van der Waals surface area contributed by atoms with Crippen LogP contribution in [0.1, 0.15) is 32.6 Å². The van der Waals surface area contributed by atoms with Crippen LogP contribution in [0.15, 0.2) is 60.7 Å². The minimum absolute atomic E-state index is 0.129. The first-order valence-corrected chi connectivity index (χ1v) is 10.3. The molecule has 0 fully saturated rings. The summed E-state index contributed by atoms with van der Waals surface area (Å²) in [6.45, 7) is 8.06. The maximum atomic E-state index is 13.5. The van der Waals surface area contributed by atoms with E-state index < -0.39 is 0 Å². The Bertz CT molecular complexity index is 1290. The molecule has 1 heterocycles. The number of nitrogens with zero attached hydrogens (tertiary/aromatic N) is 1. The van der Waals surface area contributed by atoms with Gasteiger partial charge in [-0.2, -0.15) is 0 Å². The number of carbonyl (C=O) groups is 1. The summed E-state index contributed by atoms with van der Waals surface area (Å²) in [5.74, 6) is 0.654. The second kappa shape index (κ2) is 8.23. The van der Waals surface area contributed by atoms with Gasteiger partial charge < -0.3 is 10.1 Å². The summed E-state index contributed by atoms with van der Waals surface area (Å²) in [4.78, 5) is 18.5. The van der Waals surface area contributed by atoms with Crippen LogP contribution >= 0.6 is 0 Å². The zero-order chi connectivity index (χ0) is 22.1. The lowest BCUT2D eigenvalue weighted by Gasteiger charge is -2.17. The van der Waals surface area contributed by atoms with Gasteiger partial charge in [-0.05, 0) is 86.8 Å². The molecule has 0 aliphatic heterocycles. The third-order valence-corrected chi connectivity index (χ3v) is 5.53. The molecular weight excluding hydrogens is 384 g/mol. The number of carbonyl (C=O) groups excluding carboxylic acids is 1. The first-order valence-electron chi connectivity index (χ1n) is 10.3. The number of rotatable bonds is 4. The van der Waals surface area contributed by atoms with Crippen molar-refractivity contribution in [3.8, 4) is 17.0 Å². The van der Waals surface area contributed by atoms with Crippen molar-refractivity contribution >= 4 is 22.5 Å². The smallest absolute Gasteiger partial charge is 0.256 e. The van der Waals surface area contributed by atoms with Gasteiger partial charge in [0.2, 0.25) is 0 Å². The van der Waals surface area contributed by atoms with Gasteiger partial charge in [0.25, 0.3) is 5.91 Å². The van der Waals surface area contributed by atoms with E-state index in [9.17, 15) is 4.79 Å². The zero-order valence-corrected chi connectivity index (χ0v) is 18.5. The molecule has 4 rings (SSSR count). The Kier molecular flexibility index (Phi) is 5.47. The second-order valence-electron chi connectivity index (χ2n) is 7.99. The number of nitrogens with one attached hydrogen (secondary N) is 1. The first kappa shape index (κ1) is 20.6. The molecule has 0 aliphatic carbocycles. The Morgan fingerprint density at radius 1 is 0.903 bits per heavy atom. The van der Waals surface area contributed by atoms with Crippen molar-refractivity contribution in [1.82, 2.24) is 4.98 Å². The molecule has 1 amide bonds. The minimum Gasteiger partial charge on any atom is -0.497 e. The van der Waals surface area contributed by atoms with Crippen LogP contribution in [0.25, 0.3) is 22.2 Å². The Hall–Kier alpha value is -3.66. The molecule has 1 N–H and O–H groups in total.